The second-order valence-corrected chi connectivity index (χ2v) is 8.23. The normalized spacial score (nSPS) is 21.9. The molecule has 142 valence electrons. The van der Waals surface area contributed by atoms with Crippen LogP contribution in [0.25, 0.3) is 11.1 Å². The summed E-state index contributed by atoms with van der Waals surface area (Å²) in [6.45, 7) is 5.36. The third-order valence-electron chi connectivity index (χ3n) is 6.45. The van der Waals surface area contributed by atoms with Gasteiger partial charge in [0.25, 0.3) is 0 Å². The Morgan fingerprint density at radius 2 is 1.68 bits per heavy atom. The van der Waals surface area contributed by atoms with E-state index in [0.29, 0.717) is 12.5 Å². The van der Waals surface area contributed by atoms with Crippen LogP contribution in [0, 0.1) is 5.92 Å². The van der Waals surface area contributed by atoms with E-state index < -0.39 is 0 Å². The quantitative estimate of drug-likeness (QED) is 0.571. The zero-order chi connectivity index (χ0) is 19.3. The summed E-state index contributed by atoms with van der Waals surface area (Å²) in [5.74, 6) is 1.26. The van der Waals surface area contributed by atoms with Crippen molar-refractivity contribution in [3.05, 3.63) is 83.9 Å². The molecule has 0 saturated carbocycles. The predicted octanol–water partition coefficient (Wildman–Crippen LogP) is 5.76. The number of anilines is 1. The van der Waals surface area contributed by atoms with Crippen molar-refractivity contribution in [1.82, 2.24) is 0 Å². The molecule has 28 heavy (non-hydrogen) atoms. The fraction of sp³-hybridized carbons (Fsp3) is 0.280. The average Bonchev–Trinajstić information content (AvgIpc) is 2.74. The predicted molar refractivity (Wildman–Crippen MR) is 113 cm³/mol. The molecule has 0 radical (unpaired) electrons. The van der Waals surface area contributed by atoms with Crippen LogP contribution in [0.3, 0.4) is 0 Å². The Labute approximate surface area is 166 Å². The summed E-state index contributed by atoms with van der Waals surface area (Å²) in [7, 11) is 1.77. The molecule has 0 spiro atoms. The van der Waals surface area contributed by atoms with Gasteiger partial charge in [-0.2, -0.15) is 0 Å². The van der Waals surface area contributed by atoms with E-state index in [1.165, 1.54) is 22.3 Å². The highest BCUT2D eigenvalue weighted by molar-refractivity contribution is 5.71. The van der Waals surface area contributed by atoms with Crippen LogP contribution in [0.1, 0.15) is 31.0 Å². The summed E-state index contributed by atoms with van der Waals surface area (Å²) in [6.07, 6.45) is 0. The molecule has 0 fully saturated rings. The lowest BCUT2D eigenvalue weighted by molar-refractivity contribution is 0.0442. The molecule has 0 saturated heterocycles. The Morgan fingerprint density at radius 3 is 2.46 bits per heavy atom. The summed E-state index contributed by atoms with van der Waals surface area (Å²) in [5.41, 5.74) is 6.07. The van der Waals surface area contributed by atoms with E-state index >= 15 is 0 Å². The largest absolute Gasteiger partial charge is 0.493 e. The van der Waals surface area contributed by atoms with Crippen LogP contribution >= 0.6 is 0 Å². The first-order valence-corrected chi connectivity index (χ1v) is 9.86. The van der Waals surface area contributed by atoms with Gasteiger partial charge in [-0.3, -0.25) is 4.84 Å². The molecule has 2 aliphatic heterocycles. The van der Waals surface area contributed by atoms with Crippen molar-refractivity contribution in [3.8, 4) is 16.9 Å². The van der Waals surface area contributed by atoms with E-state index in [4.69, 9.17) is 9.57 Å². The molecule has 3 aromatic carbocycles. The Bertz CT molecular complexity index is 1010. The molecule has 3 nitrogen and oxygen atoms in total. The van der Waals surface area contributed by atoms with Gasteiger partial charge in [0.05, 0.1) is 25.4 Å². The number of para-hydroxylation sites is 1. The molecule has 0 bridgehead atoms. The van der Waals surface area contributed by atoms with Crippen LogP contribution in [-0.2, 0) is 10.3 Å². The SMILES string of the molecule is CON1c2ccc(-c3ccccc3)cc2C(C)(C)[C@@H]2COc3ccccc3[C@H]21. The number of rotatable bonds is 2. The molecule has 2 aliphatic rings. The zero-order valence-corrected chi connectivity index (χ0v) is 16.6. The highest BCUT2D eigenvalue weighted by Gasteiger charge is 2.50. The lowest BCUT2D eigenvalue weighted by Crippen LogP contribution is -2.51. The minimum Gasteiger partial charge on any atom is -0.493 e. The average molecular weight is 371 g/mol. The number of hydrogen-bond donors (Lipinski definition) is 0. The molecular weight excluding hydrogens is 346 g/mol. The maximum Gasteiger partial charge on any atom is 0.124 e. The summed E-state index contributed by atoms with van der Waals surface area (Å²) < 4.78 is 6.17. The minimum atomic E-state index is -0.0483. The van der Waals surface area contributed by atoms with Gasteiger partial charge in [-0.15, -0.1) is 0 Å². The summed E-state index contributed by atoms with van der Waals surface area (Å²) in [6, 6.07) is 25.8. The fourth-order valence-electron chi connectivity index (χ4n) is 4.85. The van der Waals surface area contributed by atoms with E-state index in [2.05, 4.69) is 85.6 Å². The zero-order valence-electron chi connectivity index (χ0n) is 16.6. The van der Waals surface area contributed by atoms with Gasteiger partial charge in [-0.05, 0) is 34.9 Å². The van der Waals surface area contributed by atoms with Crippen LogP contribution in [0.2, 0.25) is 0 Å². The first kappa shape index (κ1) is 17.3. The van der Waals surface area contributed by atoms with Gasteiger partial charge in [0.2, 0.25) is 0 Å². The Hall–Kier alpha value is -2.78. The molecule has 3 heteroatoms. The van der Waals surface area contributed by atoms with Gasteiger partial charge < -0.3 is 4.74 Å². The van der Waals surface area contributed by atoms with E-state index in [0.717, 1.165) is 11.4 Å². The van der Waals surface area contributed by atoms with Gasteiger partial charge in [-0.1, -0.05) is 68.4 Å². The molecule has 0 unspecified atom stereocenters. The van der Waals surface area contributed by atoms with Gasteiger partial charge in [0, 0.05) is 16.9 Å². The Kier molecular flexibility index (Phi) is 3.95. The maximum atomic E-state index is 6.17. The van der Waals surface area contributed by atoms with Crippen molar-refractivity contribution in [3.63, 3.8) is 0 Å². The molecule has 0 amide bonds. The van der Waals surface area contributed by atoms with Crippen LogP contribution in [0.15, 0.2) is 72.8 Å². The smallest absolute Gasteiger partial charge is 0.124 e. The van der Waals surface area contributed by atoms with Gasteiger partial charge >= 0.3 is 0 Å². The monoisotopic (exact) mass is 371 g/mol. The third kappa shape index (κ3) is 2.46. The number of nitrogens with zero attached hydrogens (tertiary/aromatic N) is 1. The molecule has 5 rings (SSSR count). The van der Waals surface area contributed by atoms with Crippen molar-refractivity contribution >= 4 is 5.69 Å². The first-order valence-electron chi connectivity index (χ1n) is 9.86. The van der Waals surface area contributed by atoms with Crippen molar-refractivity contribution in [2.24, 2.45) is 5.92 Å². The second kappa shape index (κ2) is 6.39. The van der Waals surface area contributed by atoms with Crippen molar-refractivity contribution in [2.45, 2.75) is 25.3 Å². The van der Waals surface area contributed by atoms with Crippen LogP contribution in [0.4, 0.5) is 5.69 Å². The summed E-state index contributed by atoms with van der Waals surface area (Å²) in [5, 5.41) is 2.08. The molecule has 2 atom stereocenters. The van der Waals surface area contributed by atoms with E-state index in [1.807, 2.05) is 6.07 Å². The number of hydroxylamine groups is 1. The Balaban J connectivity index is 1.69. The van der Waals surface area contributed by atoms with Crippen LogP contribution in [0.5, 0.6) is 5.75 Å². The van der Waals surface area contributed by atoms with Crippen molar-refractivity contribution in [2.75, 3.05) is 18.8 Å². The molecule has 3 aromatic rings. The van der Waals surface area contributed by atoms with Gasteiger partial charge in [0.1, 0.15) is 5.75 Å². The first-order chi connectivity index (χ1) is 13.6. The number of fused-ring (bicyclic) bond motifs is 4. The van der Waals surface area contributed by atoms with E-state index in [-0.39, 0.29) is 11.5 Å². The second-order valence-electron chi connectivity index (χ2n) is 8.23. The van der Waals surface area contributed by atoms with E-state index in [9.17, 15) is 0 Å². The van der Waals surface area contributed by atoms with Crippen LogP contribution in [-0.4, -0.2) is 13.7 Å². The standard InChI is InChI=1S/C25H25NO2/c1-25(2)20-15-18(17-9-5-4-6-10-17)13-14-22(20)26(27-3)24-19-11-7-8-12-23(19)28-16-21(24)25/h4-15,21,24H,16H2,1-3H3/t21-,24-/m1/s1. The lowest BCUT2D eigenvalue weighted by atomic mass is 9.65. The third-order valence-corrected chi connectivity index (χ3v) is 6.45. The molecule has 2 heterocycles. The minimum absolute atomic E-state index is 0.0483. The molecular formula is C25H25NO2. The maximum absolute atomic E-state index is 6.17. The summed E-state index contributed by atoms with van der Waals surface area (Å²) >= 11 is 0. The van der Waals surface area contributed by atoms with Gasteiger partial charge in [-0.25, -0.2) is 5.06 Å². The van der Waals surface area contributed by atoms with Crippen molar-refractivity contribution in [1.29, 1.82) is 0 Å². The summed E-state index contributed by atoms with van der Waals surface area (Å²) in [4.78, 5) is 5.96. The highest BCUT2D eigenvalue weighted by atomic mass is 16.7. The highest BCUT2D eigenvalue weighted by Crippen LogP contribution is 2.55. The molecule has 0 aromatic heterocycles. The lowest BCUT2D eigenvalue weighted by Gasteiger charge is -2.52. The molecule has 0 aliphatic carbocycles. The topological polar surface area (TPSA) is 21.7 Å². The van der Waals surface area contributed by atoms with Crippen molar-refractivity contribution < 1.29 is 9.57 Å². The number of ether oxygens (including phenoxy) is 1. The van der Waals surface area contributed by atoms with Crippen LogP contribution < -0.4 is 9.80 Å². The Morgan fingerprint density at radius 1 is 0.929 bits per heavy atom. The molecule has 0 N–H and O–H groups in total. The van der Waals surface area contributed by atoms with Gasteiger partial charge in [0.15, 0.2) is 0 Å². The van der Waals surface area contributed by atoms with E-state index in [1.54, 1.807) is 7.11 Å². The number of hydrogen-bond acceptors (Lipinski definition) is 3. The fourth-order valence-corrected chi connectivity index (χ4v) is 4.85. The number of benzene rings is 3.